The molecule has 16 heavy (non-hydrogen) atoms. The highest BCUT2D eigenvalue weighted by molar-refractivity contribution is 5.98. The number of aromatic amines is 1. The van der Waals surface area contributed by atoms with Crippen LogP contribution in [0.25, 0.3) is 0 Å². The van der Waals surface area contributed by atoms with Crippen LogP contribution in [-0.2, 0) is 0 Å². The van der Waals surface area contributed by atoms with Crippen molar-refractivity contribution in [3.05, 3.63) is 30.6 Å². The summed E-state index contributed by atoms with van der Waals surface area (Å²) in [5.74, 6) is 0.329. The number of aromatic hydroxyl groups is 1. The summed E-state index contributed by atoms with van der Waals surface area (Å²) in [6, 6.07) is 5.75. The predicted molar refractivity (Wildman–Crippen MR) is 57.1 cm³/mol. The number of nitrogens with one attached hydrogen (secondary N) is 3. The van der Waals surface area contributed by atoms with E-state index in [0.29, 0.717) is 5.69 Å². The number of nitrogens with zero attached hydrogens (tertiary/aromatic N) is 2. The van der Waals surface area contributed by atoms with E-state index < -0.39 is 6.03 Å². The molecule has 1 aromatic heterocycles. The Morgan fingerprint density at radius 1 is 1.38 bits per heavy atom. The van der Waals surface area contributed by atoms with Crippen molar-refractivity contribution < 1.29 is 9.90 Å². The maximum atomic E-state index is 11.4. The van der Waals surface area contributed by atoms with Gasteiger partial charge in [-0.3, -0.25) is 5.32 Å². The molecule has 0 fully saturated rings. The molecule has 7 nitrogen and oxygen atoms in total. The van der Waals surface area contributed by atoms with Crippen LogP contribution in [0.15, 0.2) is 30.6 Å². The van der Waals surface area contributed by atoms with Crippen molar-refractivity contribution in [2.24, 2.45) is 0 Å². The molecule has 2 amide bonds. The largest absolute Gasteiger partial charge is 0.508 e. The molecule has 0 saturated carbocycles. The second-order valence-electron chi connectivity index (χ2n) is 2.96. The fraction of sp³-hybridized carbons (Fsp3) is 0. The van der Waals surface area contributed by atoms with Gasteiger partial charge in [-0.25, -0.2) is 9.89 Å². The molecule has 0 spiro atoms. The average molecular weight is 219 g/mol. The normalized spacial score (nSPS) is 9.75. The zero-order valence-electron chi connectivity index (χ0n) is 8.14. The molecule has 0 bridgehead atoms. The summed E-state index contributed by atoms with van der Waals surface area (Å²) in [6.07, 6.45) is 1.28. The summed E-state index contributed by atoms with van der Waals surface area (Å²) in [5, 5.41) is 20.2. The molecule has 0 saturated heterocycles. The number of amides is 2. The fourth-order valence-corrected chi connectivity index (χ4v) is 1.12. The number of anilines is 2. The third-order valence-corrected chi connectivity index (χ3v) is 1.75. The summed E-state index contributed by atoms with van der Waals surface area (Å²) in [4.78, 5) is 15.1. The molecule has 0 aliphatic heterocycles. The van der Waals surface area contributed by atoms with E-state index >= 15 is 0 Å². The molecule has 0 unspecified atom stereocenters. The first-order chi connectivity index (χ1) is 7.74. The van der Waals surface area contributed by atoms with E-state index in [1.165, 1.54) is 18.5 Å². The Morgan fingerprint density at radius 2 is 2.25 bits per heavy atom. The van der Waals surface area contributed by atoms with E-state index in [-0.39, 0.29) is 11.7 Å². The lowest BCUT2D eigenvalue weighted by molar-refractivity contribution is 0.262. The number of phenolic OH excluding ortho intramolecular Hbond substituents is 1. The molecule has 1 aromatic carbocycles. The molecular formula is C9H9N5O2. The maximum Gasteiger partial charge on any atom is 0.326 e. The van der Waals surface area contributed by atoms with Gasteiger partial charge in [0.15, 0.2) is 0 Å². The molecule has 0 atom stereocenters. The van der Waals surface area contributed by atoms with Gasteiger partial charge in [0.1, 0.15) is 12.1 Å². The van der Waals surface area contributed by atoms with Crippen molar-refractivity contribution in [3.8, 4) is 5.75 Å². The van der Waals surface area contributed by atoms with Gasteiger partial charge in [-0.15, -0.1) is 0 Å². The fourth-order valence-electron chi connectivity index (χ4n) is 1.12. The Hall–Kier alpha value is -2.57. The van der Waals surface area contributed by atoms with Crippen molar-refractivity contribution in [3.63, 3.8) is 0 Å². The van der Waals surface area contributed by atoms with Gasteiger partial charge in [-0.1, -0.05) is 6.07 Å². The van der Waals surface area contributed by atoms with Crippen LogP contribution in [0, 0.1) is 0 Å². The second kappa shape index (κ2) is 4.30. The van der Waals surface area contributed by atoms with Gasteiger partial charge in [-0.2, -0.15) is 10.1 Å². The van der Waals surface area contributed by atoms with Crippen LogP contribution in [0.3, 0.4) is 0 Å². The number of aromatic nitrogens is 3. The highest BCUT2D eigenvalue weighted by Gasteiger charge is 2.04. The number of carbonyl (C=O) groups excluding carboxylic acids is 1. The average Bonchev–Trinajstić information content (AvgIpc) is 2.70. The second-order valence-corrected chi connectivity index (χ2v) is 2.96. The van der Waals surface area contributed by atoms with Gasteiger partial charge >= 0.3 is 6.03 Å². The molecule has 4 N–H and O–H groups in total. The lowest BCUT2D eigenvalue weighted by Gasteiger charge is -2.05. The molecule has 1 heterocycles. The van der Waals surface area contributed by atoms with Crippen LogP contribution in [0.1, 0.15) is 0 Å². The van der Waals surface area contributed by atoms with Gasteiger partial charge in [0.25, 0.3) is 0 Å². The lowest BCUT2D eigenvalue weighted by Crippen LogP contribution is -2.20. The van der Waals surface area contributed by atoms with Gasteiger partial charge < -0.3 is 10.4 Å². The molecular weight excluding hydrogens is 210 g/mol. The van der Waals surface area contributed by atoms with E-state index in [2.05, 4.69) is 25.8 Å². The summed E-state index contributed by atoms with van der Waals surface area (Å²) in [7, 11) is 0. The number of hydrogen-bond acceptors (Lipinski definition) is 4. The lowest BCUT2D eigenvalue weighted by atomic mass is 10.3. The zero-order valence-corrected chi connectivity index (χ0v) is 8.14. The van der Waals surface area contributed by atoms with Crippen LogP contribution in [0.5, 0.6) is 5.75 Å². The Bertz CT molecular complexity index is 482. The molecule has 0 radical (unpaired) electrons. The minimum absolute atomic E-state index is 0.0810. The van der Waals surface area contributed by atoms with Crippen LogP contribution >= 0.6 is 0 Å². The van der Waals surface area contributed by atoms with Crippen molar-refractivity contribution >= 4 is 17.7 Å². The Labute approximate surface area is 90.5 Å². The molecule has 0 aliphatic carbocycles. The number of carbonyl (C=O) groups is 1. The van der Waals surface area contributed by atoms with E-state index in [4.69, 9.17) is 0 Å². The molecule has 0 aliphatic rings. The molecule has 2 rings (SSSR count). The first-order valence-corrected chi connectivity index (χ1v) is 4.46. The third-order valence-electron chi connectivity index (χ3n) is 1.75. The number of urea groups is 1. The number of H-pyrrole nitrogens is 1. The number of benzene rings is 1. The van der Waals surface area contributed by atoms with Crippen molar-refractivity contribution in [2.75, 3.05) is 10.6 Å². The summed E-state index contributed by atoms with van der Waals surface area (Å²) >= 11 is 0. The Morgan fingerprint density at radius 3 is 2.94 bits per heavy atom. The molecule has 7 heteroatoms. The minimum Gasteiger partial charge on any atom is -0.508 e. The monoisotopic (exact) mass is 219 g/mol. The molecule has 82 valence electrons. The van der Waals surface area contributed by atoms with Crippen LogP contribution < -0.4 is 10.6 Å². The van der Waals surface area contributed by atoms with Crippen LogP contribution in [-0.4, -0.2) is 26.3 Å². The Balaban J connectivity index is 1.97. The first kappa shape index (κ1) is 9.97. The van der Waals surface area contributed by atoms with Crippen LogP contribution in [0.4, 0.5) is 16.4 Å². The minimum atomic E-state index is -0.470. The number of phenols is 1. The summed E-state index contributed by atoms with van der Waals surface area (Å²) < 4.78 is 0. The van der Waals surface area contributed by atoms with Gasteiger partial charge in [0.2, 0.25) is 5.95 Å². The van der Waals surface area contributed by atoms with Gasteiger partial charge in [-0.05, 0) is 12.1 Å². The predicted octanol–water partition coefficient (Wildman–Crippen LogP) is 1.15. The van der Waals surface area contributed by atoms with E-state index in [0.717, 1.165) is 0 Å². The van der Waals surface area contributed by atoms with E-state index in [1.54, 1.807) is 12.1 Å². The Kier molecular flexibility index (Phi) is 2.68. The number of hydrogen-bond donors (Lipinski definition) is 4. The summed E-state index contributed by atoms with van der Waals surface area (Å²) in [6.45, 7) is 0. The topological polar surface area (TPSA) is 103 Å². The standard InChI is InChI=1S/C9H9N5O2/c15-7-3-1-2-6(4-7)12-9(16)13-8-10-5-11-14-8/h1-5,15H,(H3,10,11,12,13,14,16). The van der Waals surface area contributed by atoms with Crippen LogP contribution in [0.2, 0.25) is 0 Å². The van der Waals surface area contributed by atoms with Gasteiger partial charge in [0.05, 0.1) is 0 Å². The quantitative estimate of drug-likeness (QED) is 0.608. The van der Waals surface area contributed by atoms with E-state index in [9.17, 15) is 9.90 Å². The highest BCUT2D eigenvalue weighted by atomic mass is 16.3. The van der Waals surface area contributed by atoms with Crippen molar-refractivity contribution in [1.29, 1.82) is 0 Å². The SMILES string of the molecule is O=C(Nc1cccc(O)c1)Nc1ncn[nH]1. The zero-order chi connectivity index (χ0) is 11.4. The number of rotatable bonds is 2. The smallest absolute Gasteiger partial charge is 0.326 e. The van der Waals surface area contributed by atoms with E-state index in [1.807, 2.05) is 0 Å². The first-order valence-electron chi connectivity index (χ1n) is 4.46. The van der Waals surface area contributed by atoms with Crippen molar-refractivity contribution in [2.45, 2.75) is 0 Å². The van der Waals surface area contributed by atoms with Crippen molar-refractivity contribution in [1.82, 2.24) is 15.2 Å². The van der Waals surface area contributed by atoms with Gasteiger partial charge in [0, 0.05) is 11.8 Å². The maximum absolute atomic E-state index is 11.4. The summed E-state index contributed by atoms with van der Waals surface area (Å²) in [5.41, 5.74) is 0.483. The molecule has 2 aromatic rings. The highest BCUT2D eigenvalue weighted by Crippen LogP contribution is 2.15. The third kappa shape index (κ3) is 2.47.